The van der Waals surface area contributed by atoms with Crippen LogP contribution in [-0.4, -0.2) is 80.0 Å². The van der Waals surface area contributed by atoms with Crippen molar-refractivity contribution in [2.24, 2.45) is 0 Å². The summed E-state index contributed by atoms with van der Waals surface area (Å²) in [6, 6.07) is 47.9. The predicted molar refractivity (Wildman–Crippen MR) is 432 cm³/mol. The van der Waals surface area contributed by atoms with Crippen molar-refractivity contribution in [2.45, 2.75) is 55.4 Å². The van der Waals surface area contributed by atoms with Crippen molar-refractivity contribution in [2.75, 3.05) is 19.6 Å². The number of benzene rings is 12. The second kappa shape index (κ2) is 24.6. The Hall–Kier alpha value is -14.4. The van der Waals surface area contributed by atoms with Crippen LogP contribution in [0, 0.1) is 55.4 Å². The third-order valence-electron chi connectivity index (χ3n) is 21.5. The average Bonchev–Trinajstić information content (AvgIpc) is 0.690. The minimum absolute atomic E-state index is 0.767. The maximum atomic E-state index is 4.99. The first-order valence-electron chi connectivity index (χ1n) is 35.5. The van der Waals surface area contributed by atoms with Gasteiger partial charge in [0.2, 0.25) is 0 Å². The molecule has 0 fully saturated rings. The van der Waals surface area contributed by atoms with Crippen LogP contribution in [-0.2, 0) is 0 Å². The largest absolute Gasteiger partial charge is 0.308 e. The number of anilines is 12. The molecule has 0 saturated carbocycles. The second-order valence-electron chi connectivity index (χ2n) is 27.8. The molecule has 0 amide bonds. The Balaban J connectivity index is 1.07. The molecule has 12 aromatic carbocycles. The summed E-state index contributed by atoms with van der Waals surface area (Å²) in [5.41, 5.74) is 23.5. The van der Waals surface area contributed by atoms with Gasteiger partial charge in [0.05, 0.1) is 119 Å². The number of rotatable bonds is 12. The molecule has 514 valence electrons. The Kier molecular flexibility index (Phi) is 14.4. The summed E-state index contributed by atoms with van der Waals surface area (Å²) >= 11 is 0. The SMILES string of the molecule is Cc1ccc2cnncc2c1N(c1c(C)ccc2ncncc12)c1cc(N(c2c(C)ccc3ncncc23)c2c(C)ccc3ncncc23)c2ccc3c(N(c4c(C)ccc5ncncc45)c4c(C)ccc5ncncc45)cc(N(c4c(C)ccc5ncncc45)c4c(C)ccc5ncncc45)c4ccc1c2c43. The Bertz CT molecular complexity index is 6010. The molecular formula is C88H62N20. The van der Waals surface area contributed by atoms with Crippen LogP contribution in [0.3, 0.4) is 0 Å². The molecule has 0 atom stereocenters. The average molecular weight is 1400 g/mol. The van der Waals surface area contributed by atoms with Crippen molar-refractivity contribution in [3.05, 3.63) is 278 Å². The minimum Gasteiger partial charge on any atom is -0.308 e. The molecule has 108 heavy (non-hydrogen) atoms. The van der Waals surface area contributed by atoms with Gasteiger partial charge in [0.25, 0.3) is 0 Å². The number of nitrogens with zero attached hydrogens (tertiary/aromatic N) is 20. The Morgan fingerprint density at radius 2 is 0.398 bits per heavy atom. The summed E-state index contributed by atoms with van der Waals surface area (Å²) in [6.45, 7) is 17.3. The highest BCUT2D eigenvalue weighted by atomic mass is 15.2. The molecule has 8 heterocycles. The number of aryl methyl sites for hydroxylation is 8. The van der Waals surface area contributed by atoms with Crippen molar-refractivity contribution in [1.82, 2.24) is 80.0 Å². The molecule has 0 radical (unpaired) electrons. The minimum atomic E-state index is 0.767. The fraction of sp³-hybridized carbons (Fsp3) is 0.0909. The van der Waals surface area contributed by atoms with E-state index in [2.05, 4.69) is 219 Å². The first-order chi connectivity index (χ1) is 52.9. The zero-order valence-corrected chi connectivity index (χ0v) is 59.9. The van der Waals surface area contributed by atoms with Crippen LogP contribution in [0.1, 0.15) is 44.5 Å². The summed E-state index contributed by atoms with van der Waals surface area (Å²) in [5.74, 6) is 0. The molecule has 20 nitrogen and oxygen atoms in total. The molecule has 8 aromatic heterocycles. The first kappa shape index (κ1) is 63.3. The van der Waals surface area contributed by atoms with Crippen LogP contribution in [0.25, 0.3) is 119 Å². The molecule has 0 aliphatic heterocycles. The Morgan fingerprint density at radius 3 is 0.630 bits per heavy atom. The van der Waals surface area contributed by atoms with Gasteiger partial charge < -0.3 is 19.6 Å². The van der Waals surface area contributed by atoms with E-state index in [1.165, 1.54) is 0 Å². The molecule has 0 aliphatic rings. The molecule has 0 bridgehead atoms. The standard InChI is InChI=1S/C88H62N20/c1-47-9-17-55-31-103-104-39-60(55)81(47)105(82-48(2)10-22-68-61(82)32-89-40-96-68)75-29-76(106(83-49(3)11-23-69-62(83)33-90-41-97-69)84-50(4)12-24-70-63(84)34-91-42-98-70)57-20-21-59-78(108(87-53(7)15-27-73-66(87)37-94-45-101-73)88-54(8)16-28-74-67(88)38-95-46-102-74)30-77(58-19-18-56(75)79(57)80(58)59)107(85-51(5)13-25-71-64(85)35-92-43-99-71)86-52(6)14-26-72-65(86)36-93-44-100-72/h9-46H,1-8H3. The normalized spacial score (nSPS) is 11.9. The van der Waals surface area contributed by atoms with E-state index in [1.807, 2.05) is 55.8 Å². The van der Waals surface area contributed by atoms with E-state index in [-0.39, 0.29) is 0 Å². The topological polar surface area (TPSA) is 219 Å². The zero-order valence-electron chi connectivity index (χ0n) is 59.9. The quantitative estimate of drug-likeness (QED) is 0.104. The van der Waals surface area contributed by atoms with Crippen molar-refractivity contribution in [1.29, 1.82) is 0 Å². The van der Waals surface area contributed by atoms with Crippen LogP contribution in [0.4, 0.5) is 68.2 Å². The van der Waals surface area contributed by atoms with Crippen molar-refractivity contribution in [3.8, 4) is 0 Å². The van der Waals surface area contributed by atoms with Gasteiger partial charge in [0.1, 0.15) is 44.3 Å². The molecule has 0 N–H and O–H groups in total. The molecular weight excluding hydrogens is 1340 g/mol. The van der Waals surface area contributed by atoms with Gasteiger partial charge in [-0.1, -0.05) is 78.9 Å². The fourth-order valence-corrected chi connectivity index (χ4v) is 16.7. The fourth-order valence-electron chi connectivity index (χ4n) is 16.7. The maximum Gasteiger partial charge on any atom is 0.116 e. The Morgan fingerprint density at radius 1 is 0.194 bits per heavy atom. The Labute approximate surface area is 617 Å². The van der Waals surface area contributed by atoms with E-state index in [9.17, 15) is 0 Å². The number of hydrogen-bond acceptors (Lipinski definition) is 20. The third kappa shape index (κ3) is 9.62. The summed E-state index contributed by atoms with van der Waals surface area (Å²) in [6.07, 6.45) is 28.5. The van der Waals surface area contributed by atoms with Gasteiger partial charge in [0, 0.05) is 124 Å². The lowest BCUT2D eigenvalue weighted by Crippen LogP contribution is -2.19. The predicted octanol–water partition coefficient (Wildman–Crippen LogP) is 20.5. The first-order valence-corrected chi connectivity index (χ1v) is 35.5. The van der Waals surface area contributed by atoms with Gasteiger partial charge in [-0.15, -0.1) is 0 Å². The molecule has 0 saturated heterocycles. The summed E-state index contributed by atoms with van der Waals surface area (Å²) in [5, 5.41) is 22.4. The molecule has 20 rings (SSSR count). The molecule has 0 unspecified atom stereocenters. The summed E-state index contributed by atoms with van der Waals surface area (Å²) < 4.78 is 0. The number of hydrogen-bond donors (Lipinski definition) is 0. The van der Waals surface area contributed by atoms with E-state index in [0.29, 0.717) is 0 Å². The van der Waals surface area contributed by atoms with Crippen LogP contribution in [0.5, 0.6) is 0 Å². The van der Waals surface area contributed by atoms with E-state index in [0.717, 1.165) is 232 Å². The third-order valence-corrected chi connectivity index (χ3v) is 21.5. The van der Waals surface area contributed by atoms with Crippen LogP contribution in [0.2, 0.25) is 0 Å². The van der Waals surface area contributed by atoms with Gasteiger partial charge in [0.15, 0.2) is 0 Å². The van der Waals surface area contributed by atoms with Crippen molar-refractivity contribution < 1.29 is 0 Å². The van der Waals surface area contributed by atoms with E-state index in [4.69, 9.17) is 69.8 Å². The van der Waals surface area contributed by atoms with Gasteiger partial charge in [-0.2, -0.15) is 10.2 Å². The van der Waals surface area contributed by atoms with Gasteiger partial charge in [-0.05, 0) is 154 Å². The van der Waals surface area contributed by atoms with Crippen LogP contribution >= 0.6 is 0 Å². The van der Waals surface area contributed by atoms with Gasteiger partial charge in [-0.3, -0.25) is 0 Å². The van der Waals surface area contributed by atoms with E-state index < -0.39 is 0 Å². The highest BCUT2D eigenvalue weighted by Gasteiger charge is 2.35. The smallest absolute Gasteiger partial charge is 0.116 e. The van der Waals surface area contributed by atoms with E-state index in [1.54, 1.807) is 44.3 Å². The monoisotopic (exact) mass is 1400 g/mol. The van der Waals surface area contributed by atoms with Crippen LogP contribution < -0.4 is 19.6 Å². The maximum absolute atomic E-state index is 4.99. The van der Waals surface area contributed by atoms with Crippen molar-refractivity contribution in [3.63, 3.8) is 0 Å². The zero-order chi connectivity index (χ0) is 72.7. The van der Waals surface area contributed by atoms with Crippen LogP contribution in [0.15, 0.2) is 234 Å². The lowest BCUT2D eigenvalue weighted by atomic mass is 9.88. The molecule has 20 heteroatoms. The summed E-state index contributed by atoms with van der Waals surface area (Å²) in [4.78, 5) is 78.3. The van der Waals surface area contributed by atoms with E-state index >= 15 is 0 Å². The molecule has 0 aliphatic carbocycles. The van der Waals surface area contributed by atoms with Crippen molar-refractivity contribution >= 4 is 188 Å². The highest BCUT2D eigenvalue weighted by molar-refractivity contribution is 6.34. The second-order valence-corrected chi connectivity index (χ2v) is 27.8. The number of fused-ring (bicyclic) bond motifs is 8. The lowest BCUT2D eigenvalue weighted by Gasteiger charge is -2.37. The van der Waals surface area contributed by atoms with Gasteiger partial charge >= 0.3 is 0 Å². The number of aromatic nitrogens is 16. The van der Waals surface area contributed by atoms with Gasteiger partial charge in [-0.25, -0.2) is 69.8 Å². The lowest BCUT2D eigenvalue weighted by molar-refractivity contribution is 1.05. The summed E-state index contributed by atoms with van der Waals surface area (Å²) in [7, 11) is 0. The molecule has 20 aromatic rings. The molecule has 0 spiro atoms. The highest BCUT2D eigenvalue weighted by Crippen LogP contribution is 2.60.